The summed E-state index contributed by atoms with van der Waals surface area (Å²) in [5.41, 5.74) is 0.591. The predicted octanol–water partition coefficient (Wildman–Crippen LogP) is 3.92. The molecule has 0 atom stereocenters. The molecule has 0 saturated heterocycles. The van der Waals surface area contributed by atoms with Gasteiger partial charge in [0, 0.05) is 10.9 Å². The lowest BCUT2D eigenvalue weighted by Crippen LogP contribution is -1.99. The monoisotopic (exact) mass is 268 g/mol. The predicted molar refractivity (Wildman–Crippen MR) is 70.6 cm³/mol. The first-order chi connectivity index (χ1) is 8.17. The number of ketones is 1. The molecule has 0 radical (unpaired) electrons. The third kappa shape index (κ3) is 2.24. The number of carbonyl (C=O) groups excluding carboxylic acids is 1. The molecule has 0 aliphatic rings. The summed E-state index contributed by atoms with van der Waals surface area (Å²) in [4.78, 5) is 11.5. The van der Waals surface area contributed by atoms with Crippen LogP contribution >= 0.6 is 23.2 Å². The molecule has 88 valence electrons. The van der Waals surface area contributed by atoms with Crippen molar-refractivity contribution in [3.8, 4) is 5.75 Å². The van der Waals surface area contributed by atoms with Crippen LogP contribution < -0.4 is 4.74 Å². The zero-order valence-corrected chi connectivity index (χ0v) is 10.7. The maximum atomic E-state index is 11.5. The third-order valence-corrected chi connectivity index (χ3v) is 3.21. The van der Waals surface area contributed by atoms with E-state index in [4.69, 9.17) is 27.9 Å². The molecular weight excluding hydrogens is 259 g/mol. The zero-order valence-electron chi connectivity index (χ0n) is 9.17. The van der Waals surface area contributed by atoms with Crippen molar-refractivity contribution in [3.05, 3.63) is 40.9 Å². The Morgan fingerprint density at radius 1 is 1.29 bits per heavy atom. The van der Waals surface area contributed by atoms with E-state index < -0.39 is 0 Å². The molecule has 0 unspecified atom stereocenters. The second kappa shape index (κ2) is 4.94. The lowest BCUT2D eigenvalue weighted by molar-refractivity contribution is 0.102. The van der Waals surface area contributed by atoms with Gasteiger partial charge in [-0.05, 0) is 17.5 Å². The maximum Gasteiger partial charge on any atom is 0.177 e. The highest BCUT2D eigenvalue weighted by Gasteiger charge is 2.09. The fourth-order valence-corrected chi connectivity index (χ4v) is 2.15. The van der Waals surface area contributed by atoms with Crippen molar-refractivity contribution < 1.29 is 9.53 Å². The summed E-state index contributed by atoms with van der Waals surface area (Å²) in [5.74, 6) is 0.506. The SMILES string of the molecule is COc1ccc2cc(C(=O)CCl)ccc2c1Cl. The highest BCUT2D eigenvalue weighted by Crippen LogP contribution is 2.33. The van der Waals surface area contributed by atoms with Crippen LogP contribution in [-0.2, 0) is 0 Å². The number of hydrogen-bond acceptors (Lipinski definition) is 2. The Kier molecular flexibility index (Phi) is 3.55. The van der Waals surface area contributed by atoms with E-state index in [1.807, 2.05) is 6.07 Å². The van der Waals surface area contributed by atoms with Crippen LogP contribution in [-0.4, -0.2) is 18.8 Å². The van der Waals surface area contributed by atoms with Gasteiger partial charge in [0.15, 0.2) is 5.78 Å². The van der Waals surface area contributed by atoms with Crippen molar-refractivity contribution in [2.24, 2.45) is 0 Å². The standard InChI is InChI=1S/C13H10Cl2O2/c1-17-12-5-3-8-6-9(11(16)7-14)2-4-10(8)13(12)15/h2-6H,7H2,1H3. The fraction of sp³-hybridized carbons (Fsp3) is 0.154. The molecule has 0 aliphatic heterocycles. The number of hydrogen-bond donors (Lipinski definition) is 0. The summed E-state index contributed by atoms with van der Waals surface area (Å²) in [6, 6.07) is 8.95. The Morgan fingerprint density at radius 2 is 2.06 bits per heavy atom. The van der Waals surface area contributed by atoms with Gasteiger partial charge in [-0.25, -0.2) is 0 Å². The van der Waals surface area contributed by atoms with Gasteiger partial charge in [-0.2, -0.15) is 0 Å². The third-order valence-electron chi connectivity index (χ3n) is 2.58. The molecule has 0 amide bonds. The zero-order chi connectivity index (χ0) is 12.4. The number of rotatable bonds is 3. The molecule has 2 nitrogen and oxygen atoms in total. The summed E-state index contributed by atoms with van der Waals surface area (Å²) in [5, 5.41) is 2.30. The first-order valence-corrected chi connectivity index (χ1v) is 5.94. The van der Waals surface area contributed by atoms with Gasteiger partial charge in [0.05, 0.1) is 18.0 Å². The van der Waals surface area contributed by atoms with Gasteiger partial charge < -0.3 is 4.74 Å². The van der Waals surface area contributed by atoms with Crippen LogP contribution in [0.1, 0.15) is 10.4 Å². The van der Waals surface area contributed by atoms with Crippen LogP contribution in [0.25, 0.3) is 10.8 Å². The lowest BCUT2D eigenvalue weighted by Gasteiger charge is -2.07. The summed E-state index contributed by atoms with van der Waals surface area (Å²) >= 11 is 11.7. The van der Waals surface area contributed by atoms with Crippen molar-refractivity contribution in [1.29, 1.82) is 0 Å². The number of fused-ring (bicyclic) bond motifs is 1. The number of ether oxygens (including phenoxy) is 1. The van der Waals surface area contributed by atoms with Crippen LogP contribution in [0.3, 0.4) is 0 Å². The van der Waals surface area contributed by atoms with Crippen LogP contribution in [0.5, 0.6) is 5.75 Å². The number of benzene rings is 2. The Morgan fingerprint density at radius 3 is 2.71 bits per heavy atom. The van der Waals surface area contributed by atoms with Crippen molar-refractivity contribution in [2.45, 2.75) is 0 Å². The molecule has 17 heavy (non-hydrogen) atoms. The summed E-state index contributed by atoms with van der Waals surface area (Å²) < 4.78 is 5.13. The molecule has 2 aromatic rings. The van der Waals surface area contributed by atoms with Gasteiger partial charge in [-0.3, -0.25) is 4.79 Å². The van der Waals surface area contributed by atoms with Gasteiger partial charge in [-0.1, -0.05) is 29.8 Å². The van der Waals surface area contributed by atoms with E-state index in [0.29, 0.717) is 16.3 Å². The maximum absolute atomic E-state index is 11.5. The second-order valence-corrected chi connectivity index (χ2v) is 4.22. The first kappa shape index (κ1) is 12.2. The fourth-order valence-electron chi connectivity index (χ4n) is 1.68. The van der Waals surface area contributed by atoms with Crippen molar-refractivity contribution >= 4 is 39.8 Å². The van der Waals surface area contributed by atoms with Crippen molar-refractivity contribution in [2.75, 3.05) is 13.0 Å². The summed E-state index contributed by atoms with van der Waals surface area (Å²) in [6.45, 7) is 0. The first-order valence-electron chi connectivity index (χ1n) is 5.03. The quantitative estimate of drug-likeness (QED) is 0.623. The molecule has 0 aromatic heterocycles. The topological polar surface area (TPSA) is 26.3 Å². The molecule has 0 aliphatic carbocycles. The van der Waals surface area contributed by atoms with Crippen molar-refractivity contribution in [1.82, 2.24) is 0 Å². The van der Waals surface area contributed by atoms with E-state index in [0.717, 1.165) is 10.8 Å². The van der Waals surface area contributed by atoms with Crippen molar-refractivity contribution in [3.63, 3.8) is 0 Å². The minimum Gasteiger partial charge on any atom is -0.495 e. The number of carbonyl (C=O) groups is 1. The molecule has 0 saturated carbocycles. The average molecular weight is 269 g/mol. The normalized spacial score (nSPS) is 10.5. The lowest BCUT2D eigenvalue weighted by atomic mass is 10.0. The van der Waals surface area contributed by atoms with E-state index in [-0.39, 0.29) is 11.7 Å². The number of halogens is 2. The molecule has 0 bridgehead atoms. The van der Waals surface area contributed by atoms with Gasteiger partial charge >= 0.3 is 0 Å². The van der Waals surface area contributed by atoms with Crippen LogP contribution in [0, 0.1) is 0 Å². The highest BCUT2D eigenvalue weighted by molar-refractivity contribution is 6.37. The Balaban J connectivity index is 2.61. The van der Waals surface area contributed by atoms with Crippen LogP contribution in [0.15, 0.2) is 30.3 Å². The molecular formula is C13H10Cl2O2. The second-order valence-electron chi connectivity index (χ2n) is 3.57. The van der Waals surface area contributed by atoms with E-state index >= 15 is 0 Å². The van der Waals surface area contributed by atoms with E-state index in [1.165, 1.54) is 0 Å². The Labute approximate surface area is 109 Å². The Hall–Kier alpha value is -1.25. The average Bonchev–Trinajstić information content (AvgIpc) is 2.38. The van der Waals surface area contributed by atoms with E-state index in [9.17, 15) is 4.79 Å². The summed E-state index contributed by atoms with van der Waals surface area (Å²) in [7, 11) is 1.57. The molecule has 2 rings (SSSR count). The molecule has 2 aromatic carbocycles. The summed E-state index contributed by atoms with van der Waals surface area (Å²) in [6.07, 6.45) is 0. The van der Waals surface area contributed by atoms with Crippen LogP contribution in [0.2, 0.25) is 5.02 Å². The van der Waals surface area contributed by atoms with E-state index in [2.05, 4.69) is 0 Å². The van der Waals surface area contributed by atoms with Gasteiger partial charge in [0.1, 0.15) is 5.75 Å². The smallest absolute Gasteiger partial charge is 0.177 e. The number of Topliss-reactive ketones (excluding diaryl/α,β-unsaturated/α-hetero) is 1. The molecule has 0 fully saturated rings. The largest absolute Gasteiger partial charge is 0.495 e. The molecule has 4 heteroatoms. The molecule has 0 N–H and O–H groups in total. The van der Waals surface area contributed by atoms with Gasteiger partial charge in [-0.15, -0.1) is 11.6 Å². The molecule has 0 heterocycles. The highest BCUT2D eigenvalue weighted by atomic mass is 35.5. The minimum atomic E-state index is -0.0968. The van der Waals surface area contributed by atoms with Gasteiger partial charge in [0.25, 0.3) is 0 Å². The van der Waals surface area contributed by atoms with Crippen LogP contribution in [0.4, 0.5) is 0 Å². The minimum absolute atomic E-state index is 0.0185. The number of methoxy groups -OCH3 is 1. The Bertz CT molecular complexity index is 579. The van der Waals surface area contributed by atoms with E-state index in [1.54, 1.807) is 31.4 Å². The molecule has 0 spiro atoms. The number of alkyl halides is 1. The van der Waals surface area contributed by atoms with Gasteiger partial charge in [0.2, 0.25) is 0 Å².